The van der Waals surface area contributed by atoms with Crippen molar-refractivity contribution in [3.63, 3.8) is 0 Å². The lowest BCUT2D eigenvalue weighted by Crippen LogP contribution is -2.11. The minimum Gasteiger partial charge on any atom is -0.497 e. The van der Waals surface area contributed by atoms with E-state index in [-0.39, 0.29) is 6.04 Å². The predicted octanol–water partition coefficient (Wildman–Crippen LogP) is 4.55. The van der Waals surface area contributed by atoms with Gasteiger partial charge in [0.05, 0.1) is 13.2 Å². The van der Waals surface area contributed by atoms with Crippen LogP contribution in [0.3, 0.4) is 0 Å². The number of hydrogen-bond donors (Lipinski definition) is 1. The van der Waals surface area contributed by atoms with Crippen molar-refractivity contribution < 1.29 is 4.74 Å². The predicted molar refractivity (Wildman–Crippen MR) is 88.0 cm³/mol. The Morgan fingerprint density at radius 3 is 2.19 bits per heavy atom. The van der Waals surface area contributed by atoms with Gasteiger partial charge in [-0.2, -0.15) is 0 Å². The molecular weight excluding hydrogens is 282 g/mol. The Bertz CT molecular complexity index is 768. The molecule has 21 heavy (non-hydrogen) atoms. The number of ether oxygens (including phenoxy) is 1. The summed E-state index contributed by atoms with van der Waals surface area (Å²) in [6, 6.07) is 19.8. The van der Waals surface area contributed by atoms with E-state index in [0.29, 0.717) is 0 Å². The van der Waals surface area contributed by atoms with Crippen molar-refractivity contribution in [3.8, 4) is 5.75 Å². The topological polar surface area (TPSA) is 35.2 Å². The maximum absolute atomic E-state index is 6.35. The van der Waals surface area contributed by atoms with E-state index in [1.807, 2.05) is 42.5 Å². The second-order valence-electron chi connectivity index (χ2n) is 5.00. The Kier molecular flexibility index (Phi) is 3.82. The molecule has 0 fully saturated rings. The van der Waals surface area contributed by atoms with Crippen LogP contribution < -0.4 is 10.5 Å². The first-order valence-electron chi connectivity index (χ1n) is 6.76. The molecule has 3 aromatic rings. The molecule has 3 heteroatoms. The highest BCUT2D eigenvalue weighted by molar-refractivity contribution is 6.30. The van der Waals surface area contributed by atoms with Gasteiger partial charge >= 0.3 is 0 Å². The fourth-order valence-electron chi connectivity index (χ4n) is 2.43. The van der Waals surface area contributed by atoms with Crippen LogP contribution in [0.4, 0.5) is 0 Å². The normalized spacial score (nSPS) is 12.3. The van der Waals surface area contributed by atoms with Gasteiger partial charge in [0.15, 0.2) is 0 Å². The van der Waals surface area contributed by atoms with E-state index in [9.17, 15) is 0 Å². The number of benzene rings is 3. The summed E-state index contributed by atoms with van der Waals surface area (Å²) in [7, 11) is 1.67. The van der Waals surface area contributed by atoms with Crippen molar-refractivity contribution >= 4 is 22.4 Å². The lowest BCUT2D eigenvalue weighted by atomic mass is 9.97. The van der Waals surface area contributed by atoms with Gasteiger partial charge in [0, 0.05) is 5.02 Å². The van der Waals surface area contributed by atoms with Crippen LogP contribution in [0.5, 0.6) is 5.75 Å². The molecule has 0 bridgehead atoms. The second kappa shape index (κ2) is 5.76. The van der Waals surface area contributed by atoms with Gasteiger partial charge in [-0.05, 0) is 52.2 Å². The average Bonchev–Trinajstić information content (AvgIpc) is 2.54. The molecule has 106 valence electrons. The van der Waals surface area contributed by atoms with Crippen LogP contribution >= 0.6 is 11.6 Å². The van der Waals surface area contributed by atoms with Gasteiger partial charge in [-0.15, -0.1) is 0 Å². The molecule has 2 N–H and O–H groups in total. The summed E-state index contributed by atoms with van der Waals surface area (Å²) in [6.45, 7) is 0. The summed E-state index contributed by atoms with van der Waals surface area (Å²) < 4.78 is 5.24. The summed E-state index contributed by atoms with van der Waals surface area (Å²) in [5.74, 6) is 0.859. The van der Waals surface area contributed by atoms with E-state index in [1.54, 1.807) is 7.11 Å². The maximum atomic E-state index is 6.35. The van der Waals surface area contributed by atoms with E-state index in [0.717, 1.165) is 32.7 Å². The van der Waals surface area contributed by atoms with Crippen LogP contribution in [0.1, 0.15) is 17.2 Å². The minimum absolute atomic E-state index is 0.159. The van der Waals surface area contributed by atoms with Gasteiger partial charge in [-0.1, -0.05) is 41.9 Å². The minimum atomic E-state index is -0.159. The smallest absolute Gasteiger partial charge is 0.119 e. The standard InChI is InChI=1S/C18H16ClNO/c1-21-17-9-6-13-10-15(3-2-14(13)11-17)18(20)12-4-7-16(19)8-5-12/h2-11,18H,20H2,1H3. The van der Waals surface area contributed by atoms with Crippen LogP contribution in [-0.4, -0.2) is 7.11 Å². The Morgan fingerprint density at radius 1 is 0.857 bits per heavy atom. The first-order valence-corrected chi connectivity index (χ1v) is 7.14. The van der Waals surface area contributed by atoms with Crippen molar-refractivity contribution in [2.45, 2.75) is 6.04 Å². The number of hydrogen-bond acceptors (Lipinski definition) is 2. The third-order valence-electron chi connectivity index (χ3n) is 3.66. The number of rotatable bonds is 3. The largest absolute Gasteiger partial charge is 0.497 e. The third kappa shape index (κ3) is 2.87. The van der Waals surface area contributed by atoms with Gasteiger partial charge in [-0.3, -0.25) is 0 Å². The number of methoxy groups -OCH3 is 1. The first kappa shape index (κ1) is 13.9. The average molecular weight is 298 g/mol. The lowest BCUT2D eigenvalue weighted by Gasteiger charge is -2.14. The zero-order valence-corrected chi connectivity index (χ0v) is 12.5. The third-order valence-corrected chi connectivity index (χ3v) is 3.91. The summed E-state index contributed by atoms with van der Waals surface area (Å²) in [6.07, 6.45) is 0. The van der Waals surface area contributed by atoms with Crippen molar-refractivity contribution in [2.75, 3.05) is 7.11 Å². The molecule has 0 saturated carbocycles. The molecule has 0 saturated heterocycles. The van der Waals surface area contributed by atoms with Gasteiger partial charge in [-0.25, -0.2) is 0 Å². The van der Waals surface area contributed by atoms with E-state index < -0.39 is 0 Å². The highest BCUT2D eigenvalue weighted by atomic mass is 35.5. The Morgan fingerprint density at radius 2 is 1.48 bits per heavy atom. The van der Waals surface area contributed by atoms with Crippen molar-refractivity contribution in [1.29, 1.82) is 0 Å². The Hall–Kier alpha value is -2.03. The molecule has 0 aliphatic heterocycles. The highest BCUT2D eigenvalue weighted by Gasteiger charge is 2.09. The zero-order valence-electron chi connectivity index (χ0n) is 11.7. The molecular formula is C18H16ClNO. The zero-order chi connectivity index (χ0) is 14.8. The molecule has 1 atom stereocenters. The number of halogens is 1. The molecule has 3 aromatic carbocycles. The fraction of sp³-hybridized carbons (Fsp3) is 0.111. The summed E-state index contributed by atoms with van der Waals surface area (Å²) in [5, 5.41) is 3.01. The van der Waals surface area contributed by atoms with Crippen LogP contribution in [0.2, 0.25) is 5.02 Å². The molecule has 0 spiro atoms. The molecule has 0 heterocycles. The quantitative estimate of drug-likeness (QED) is 0.770. The van der Waals surface area contributed by atoms with Gasteiger partial charge < -0.3 is 10.5 Å². The van der Waals surface area contributed by atoms with Gasteiger partial charge in [0.2, 0.25) is 0 Å². The number of fused-ring (bicyclic) bond motifs is 1. The second-order valence-corrected chi connectivity index (χ2v) is 5.44. The fourth-order valence-corrected chi connectivity index (χ4v) is 2.55. The molecule has 0 aliphatic carbocycles. The molecule has 1 unspecified atom stereocenters. The number of nitrogens with two attached hydrogens (primary N) is 1. The first-order chi connectivity index (χ1) is 10.2. The molecule has 0 radical (unpaired) electrons. The monoisotopic (exact) mass is 297 g/mol. The van der Waals surface area contributed by atoms with Gasteiger partial charge in [0.1, 0.15) is 5.75 Å². The summed E-state index contributed by atoms with van der Waals surface area (Å²) in [4.78, 5) is 0. The van der Waals surface area contributed by atoms with Crippen molar-refractivity contribution in [3.05, 3.63) is 76.8 Å². The Labute approximate surface area is 129 Å². The van der Waals surface area contributed by atoms with Gasteiger partial charge in [0.25, 0.3) is 0 Å². The van der Waals surface area contributed by atoms with Crippen LogP contribution in [0.15, 0.2) is 60.7 Å². The van der Waals surface area contributed by atoms with E-state index >= 15 is 0 Å². The van der Waals surface area contributed by atoms with E-state index in [2.05, 4.69) is 18.2 Å². The summed E-state index contributed by atoms with van der Waals surface area (Å²) in [5.41, 5.74) is 8.47. The Balaban J connectivity index is 1.98. The van der Waals surface area contributed by atoms with E-state index in [1.165, 1.54) is 0 Å². The summed E-state index contributed by atoms with van der Waals surface area (Å²) >= 11 is 5.92. The molecule has 0 aromatic heterocycles. The molecule has 0 amide bonds. The van der Waals surface area contributed by atoms with E-state index in [4.69, 9.17) is 22.1 Å². The van der Waals surface area contributed by atoms with Crippen LogP contribution in [0, 0.1) is 0 Å². The van der Waals surface area contributed by atoms with Crippen molar-refractivity contribution in [1.82, 2.24) is 0 Å². The maximum Gasteiger partial charge on any atom is 0.119 e. The molecule has 2 nitrogen and oxygen atoms in total. The van der Waals surface area contributed by atoms with Crippen molar-refractivity contribution in [2.24, 2.45) is 5.73 Å². The lowest BCUT2D eigenvalue weighted by molar-refractivity contribution is 0.415. The SMILES string of the molecule is COc1ccc2cc(C(N)c3ccc(Cl)cc3)ccc2c1. The van der Waals surface area contributed by atoms with Crippen LogP contribution in [-0.2, 0) is 0 Å². The van der Waals surface area contributed by atoms with Crippen LogP contribution in [0.25, 0.3) is 10.8 Å². The molecule has 3 rings (SSSR count). The highest BCUT2D eigenvalue weighted by Crippen LogP contribution is 2.26. The molecule has 0 aliphatic rings.